The molecule has 1 unspecified atom stereocenters. The van der Waals surface area contributed by atoms with Crippen LogP contribution >= 0.6 is 11.3 Å². The highest BCUT2D eigenvalue weighted by Crippen LogP contribution is 2.24. The average Bonchev–Trinajstić information content (AvgIpc) is 3.24. The summed E-state index contributed by atoms with van der Waals surface area (Å²) in [6, 6.07) is 14.9. The maximum Gasteiger partial charge on any atom is 0.358 e. The Morgan fingerprint density at radius 3 is 2.28 bits per heavy atom. The number of nitrogens with one attached hydrogen (secondary N) is 2. The summed E-state index contributed by atoms with van der Waals surface area (Å²) in [5, 5.41) is 4.86. The first-order valence-electron chi connectivity index (χ1n) is 9.81. The van der Waals surface area contributed by atoms with Crippen LogP contribution in [0.25, 0.3) is 10.6 Å². The van der Waals surface area contributed by atoms with E-state index in [1.165, 1.54) is 42.5 Å². The molecule has 0 spiro atoms. The van der Waals surface area contributed by atoms with Gasteiger partial charge in [-0.2, -0.15) is 0 Å². The summed E-state index contributed by atoms with van der Waals surface area (Å²) in [6.07, 6.45) is -1.07. The molecule has 0 aliphatic rings. The van der Waals surface area contributed by atoms with Crippen LogP contribution in [-0.2, 0) is 19.6 Å². The van der Waals surface area contributed by atoms with Gasteiger partial charge in [-0.15, -0.1) is 11.3 Å². The molecule has 0 radical (unpaired) electrons. The molecule has 168 valence electrons. The van der Waals surface area contributed by atoms with Gasteiger partial charge in [-0.25, -0.2) is 22.9 Å². The molecule has 10 heteroatoms. The van der Waals surface area contributed by atoms with E-state index in [4.69, 9.17) is 4.74 Å². The number of esters is 1. The molecule has 2 aromatic carbocycles. The minimum absolute atomic E-state index is 0.0847. The van der Waals surface area contributed by atoms with Gasteiger partial charge in [0.2, 0.25) is 10.0 Å². The maximum absolute atomic E-state index is 12.4. The zero-order chi connectivity index (χ0) is 23.3. The average molecular weight is 474 g/mol. The Bertz CT molecular complexity index is 1190. The van der Waals surface area contributed by atoms with Crippen molar-refractivity contribution in [3.05, 3.63) is 65.7 Å². The van der Waals surface area contributed by atoms with Gasteiger partial charge in [0.05, 0.1) is 4.90 Å². The lowest BCUT2D eigenvalue weighted by atomic mass is 10.2. The molecule has 1 heterocycles. The number of aromatic nitrogens is 1. The molecular formula is C22H23N3O5S2. The fourth-order valence-electron chi connectivity index (χ4n) is 2.69. The Morgan fingerprint density at radius 2 is 1.66 bits per heavy atom. The number of rotatable bonds is 8. The first-order valence-corrected chi connectivity index (χ1v) is 12.2. The minimum Gasteiger partial charge on any atom is -0.448 e. The minimum atomic E-state index is -3.62. The predicted molar refractivity (Wildman–Crippen MR) is 123 cm³/mol. The Kier molecular flexibility index (Phi) is 7.39. The lowest BCUT2D eigenvalue weighted by Gasteiger charge is -2.13. The van der Waals surface area contributed by atoms with Crippen LogP contribution in [0.2, 0.25) is 0 Å². The van der Waals surface area contributed by atoms with Gasteiger partial charge in [-0.05, 0) is 45.0 Å². The number of sulfonamides is 1. The molecule has 2 N–H and O–H groups in total. The van der Waals surface area contributed by atoms with Crippen molar-refractivity contribution >= 4 is 38.9 Å². The highest BCUT2D eigenvalue weighted by molar-refractivity contribution is 7.89. The van der Waals surface area contributed by atoms with Crippen molar-refractivity contribution in [1.82, 2.24) is 9.71 Å². The topological polar surface area (TPSA) is 114 Å². The number of benzene rings is 2. The normalized spacial score (nSPS) is 12.4. The summed E-state index contributed by atoms with van der Waals surface area (Å²) in [5.74, 6) is -1.25. The summed E-state index contributed by atoms with van der Waals surface area (Å²) in [5.41, 5.74) is 1.39. The van der Waals surface area contributed by atoms with Crippen LogP contribution in [0.3, 0.4) is 0 Å². The Balaban J connectivity index is 1.59. The first-order chi connectivity index (χ1) is 15.2. The lowest BCUT2D eigenvalue weighted by Crippen LogP contribution is -2.30. The quantitative estimate of drug-likeness (QED) is 0.483. The molecule has 1 atom stereocenters. The lowest BCUT2D eigenvalue weighted by molar-refractivity contribution is -0.123. The number of amides is 1. The van der Waals surface area contributed by atoms with E-state index in [9.17, 15) is 18.0 Å². The van der Waals surface area contributed by atoms with Gasteiger partial charge in [-0.3, -0.25) is 4.79 Å². The number of hydrogen-bond acceptors (Lipinski definition) is 7. The predicted octanol–water partition coefficient (Wildman–Crippen LogP) is 3.68. The second-order valence-corrected chi connectivity index (χ2v) is 9.81. The van der Waals surface area contributed by atoms with Crippen molar-refractivity contribution < 1.29 is 22.7 Å². The van der Waals surface area contributed by atoms with Crippen LogP contribution in [-0.4, -0.2) is 37.4 Å². The number of carbonyl (C=O) groups is 2. The summed E-state index contributed by atoms with van der Waals surface area (Å²) in [4.78, 5) is 29.1. The molecule has 1 amide bonds. The third kappa shape index (κ3) is 6.00. The van der Waals surface area contributed by atoms with Crippen molar-refractivity contribution in [3.63, 3.8) is 0 Å². The molecule has 0 aliphatic carbocycles. The molecule has 1 aromatic heterocycles. The fourth-order valence-corrected chi connectivity index (χ4v) is 4.74. The number of thiazole rings is 1. The fraction of sp³-hybridized carbons (Fsp3) is 0.227. The van der Waals surface area contributed by atoms with Gasteiger partial charge < -0.3 is 10.1 Å². The van der Waals surface area contributed by atoms with E-state index in [0.717, 1.165) is 5.56 Å². The van der Waals surface area contributed by atoms with Crippen LogP contribution in [0.5, 0.6) is 0 Å². The summed E-state index contributed by atoms with van der Waals surface area (Å²) < 4.78 is 32.1. The van der Waals surface area contributed by atoms with Crippen LogP contribution in [0.1, 0.15) is 31.3 Å². The van der Waals surface area contributed by atoms with Crippen molar-refractivity contribution in [2.24, 2.45) is 0 Å². The molecule has 0 aliphatic heterocycles. The summed E-state index contributed by atoms with van der Waals surface area (Å²) in [6.45, 7) is 4.90. The standard InChI is InChI=1S/C22H23N3O5S2/c1-14(2)25-32(28,29)18-11-9-17(10-12-18)23-20(26)15(3)30-22(27)19-13-31-21(24-19)16-7-5-4-6-8-16/h4-15,25H,1-3H3,(H,23,26). The van der Waals surface area contributed by atoms with E-state index < -0.39 is 28.0 Å². The monoisotopic (exact) mass is 473 g/mol. The molecule has 8 nitrogen and oxygen atoms in total. The number of nitrogens with zero attached hydrogens (tertiary/aromatic N) is 1. The molecule has 3 aromatic rings. The maximum atomic E-state index is 12.4. The van der Waals surface area contributed by atoms with E-state index in [1.54, 1.807) is 19.2 Å². The highest BCUT2D eigenvalue weighted by Gasteiger charge is 2.22. The Hall–Kier alpha value is -3.08. The zero-order valence-corrected chi connectivity index (χ0v) is 19.4. The van der Waals surface area contributed by atoms with Gasteiger partial charge in [-0.1, -0.05) is 30.3 Å². The van der Waals surface area contributed by atoms with Crippen molar-refractivity contribution in [1.29, 1.82) is 0 Å². The van der Waals surface area contributed by atoms with Crippen LogP contribution in [0.4, 0.5) is 5.69 Å². The van der Waals surface area contributed by atoms with Gasteiger partial charge in [0, 0.05) is 22.7 Å². The number of hydrogen-bond donors (Lipinski definition) is 2. The van der Waals surface area contributed by atoms with E-state index in [0.29, 0.717) is 10.7 Å². The van der Waals surface area contributed by atoms with Crippen molar-refractivity contribution in [2.45, 2.75) is 37.8 Å². The second kappa shape index (κ2) is 10.0. The van der Waals surface area contributed by atoms with Gasteiger partial charge in [0.25, 0.3) is 5.91 Å². The van der Waals surface area contributed by atoms with E-state index >= 15 is 0 Å². The number of ether oxygens (including phenoxy) is 1. The van der Waals surface area contributed by atoms with E-state index in [2.05, 4.69) is 15.0 Å². The molecule has 0 saturated carbocycles. The van der Waals surface area contributed by atoms with Crippen LogP contribution in [0, 0.1) is 0 Å². The molecule has 0 fully saturated rings. The van der Waals surface area contributed by atoms with Gasteiger partial charge >= 0.3 is 5.97 Å². The molecule has 0 bridgehead atoms. The van der Waals surface area contributed by atoms with Gasteiger partial charge in [0.1, 0.15) is 5.01 Å². The largest absolute Gasteiger partial charge is 0.448 e. The summed E-state index contributed by atoms with van der Waals surface area (Å²) >= 11 is 1.31. The van der Waals surface area contributed by atoms with Crippen molar-refractivity contribution in [3.8, 4) is 10.6 Å². The first kappa shape index (κ1) is 23.6. The highest BCUT2D eigenvalue weighted by atomic mass is 32.2. The van der Waals surface area contributed by atoms with Crippen LogP contribution < -0.4 is 10.0 Å². The summed E-state index contributed by atoms with van der Waals surface area (Å²) in [7, 11) is -3.62. The smallest absolute Gasteiger partial charge is 0.358 e. The van der Waals surface area contributed by atoms with E-state index in [-0.39, 0.29) is 16.6 Å². The Morgan fingerprint density at radius 1 is 1.00 bits per heavy atom. The molecule has 3 rings (SSSR count). The molecule has 32 heavy (non-hydrogen) atoms. The number of anilines is 1. The third-order valence-corrected chi connectivity index (χ3v) is 6.78. The van der Waals surface area contributed by atoms with Crippen LogP contribution in [0.15, 0.2) is 64.9 Å². The Labute approximate surface area is 190 Å². The second-order valence-electron chi connectivity index (χ2n) is 7.24. The molecule has 0 saturated heterocycles. The van der Waals surface area contributed by atoms with Gasteiger partial charge in [0.15, 0.2) is 11.8 Å². The zero-order valence-electron chi connectivity index (χ0n) is 17.7. The molecular weight excluding hydrogens is 450 g/mol. The number of carbonyl (C=O) groups excluding carboxylic acids is 2. The van der Waals surface area contributed by atoms with Crippen molar-refractivity contribution in [2.75, 3.05) is 5.32 Å². The third-order valence-electron chi connectivity index (χ3n) is 4.21. The SMILES string of the molecule is CC(C)NS(=O)(=O)c1ccc(NC(=O)C(C)OC(=O)c2csc(-c3ccccc3)n2)cc1. The van der Waals surface area contributed by atoms with E-state index in [1.807, 2.05) is 30.3 Å².